The van der Waals surface area contributed by atoms with Gasteiger partial charge in [0.2, 0.25) is 0 Å². The first kappa shape index (κ1) is 188. The standard InChI is InChI=1S/3H2O4S.15H2O/c3*1-5(2,3)4;;;;;;;;;;;;;;;/h3*(H2,1,2,3,4);15*1H2/p-6. The Hall–Kier alpha value is -0.990. The second-order valence-electron chi connectivity index (χ2n) is 1.22. The van der Waals surface area contributed by atoms with Gasteiger partial charge >= 0.3 is 0 Å². The Morgan fingerprint density at radius 1 is 0.233 bits per heavy atom. The third kappa shape index (κ3) is 18600. The first-order valence-corrected chi connectivity index (χ1v) is 6.00. The van der Waals surface area contributed by atoms with Gasteiger partial charge in [-0.15, -0.1) is 0 Å². The van der Waals surface area contributed by atoms with Crippen LogP contribution in [0.1, 0.15) is 0 Å². The third-order valence-corrected chi connectivity index (χ3v) is 0. The minimum atomic E-state index is -5.17. The first-order valence-electron chi connectivity index (χ1n) is 2.00. The van der Waals surface area contributed by atoms with Gasteiger partial charge in [-0.05, 0) is 0 Å². The van der Waals surface area contributed by atoms with Crippen LogP contribution in [0, 0.1) is 0 Å². The van der Waals surface area contributed by atoms with Crippen LogP contribution in [0.25, 0.3) is 0 Å². The maximum Gasteiger partial charge on any atom is 0.0311 e. The number of hydrogen-bond donors (Lipinski definition) is 0. The van der Waals surface area contributed by atoms with E-state index in [0.29, 0.717) is 0 Å². The lowest BCUT2D eigenvalue weighted by Crippen LogP contribution is -1.91. The van der Waals surface area contributed by atoms with Crippen molar-refractivity contribution in [3.05, 3.63) is 0 Å². The average Bonchev–Trinajstić information content (AvgIpc) is 1.41. The lowest BCUT2D eigenvalue weighted by Gasteiger charge is -2.06. The van der Waals surface area contributed by atoms with E-state index < -0.39 is 31.2 Å². The largest absolute Gasteiger partial charge is 0.759 e. The van der Waals surface area contributed by atoms with Gasteiger partial charge in [0.1, 0.15) is 0 Å². The van der Waals surface area contributed by atoms with E-state index in [1.165, 1.54) is 0 Å². The molecule has 0 radical (unpaired) electrons. The van der Waals surface area contributed by atoms with E-state index in [2.05, 4.69) is 0 Å². The lowest BCUT2D eigenvalue weighted by molar-refractivity contribution is 0.350. The Morgan fingerprint density at radius 2 is 0.233 bits per heavy atom. The highest BCUT2D eigenvalue weighted by Crippen LogP contribution is 1.58. The fourth-order valence-electron chi connectivity index (χ4n) is 0. The van der Waals surface area contributed by atoms with Gasteiger partial charge in [0.05, 0.1) is 0 Å². The smallest absolute Gasteiger partial charge is 0.0311 e. The van der Waals surface area contributed by atoms with Crippen LogP contribution in [-0.4, -0.2) is 135 Å². The molecular weight excluding hydrogens is 528 g/mol. The maximum atomic E-state index is 8.52. The summed E-state index contributed by atoms with van der Waals surface area (Å²) in [6, 6.07) is 0. The number of hydrogen-bond acceptors (Lipinski definition) is 12. The van der Waals surface area contributed by atoms with Crippen LogP contribution in [0.5, 0.6) is 0 Å². The van der Waals surface area contributed by atoms with E-state index in [1.807, 2.05) is 0 Å². The zero-order chi connectivity index (χ0) is 13.5. The molecular formula is H30O27S3-6. The molecule has 0 aliphatic heterocycles. The van der Waals surface area contributed by atoms with Gasteiger partial charge in [0, 0.05) is 31.2 Å². The summed E-state index contributed by atoms with van der Waals surface area (Å²) < 4.78 is 102. The van der Waals surface area contributed by atoms with E-state index in [-0.39, 0.29) is 82.1 Å². The third-order valence-electron chi connectivity index (χ3n) is 0. The molecule has 0 fully saturated rings. The normalized spacial score (nSPS) is 5.80. The fraction of sp³-hybridized carbons (Fsp3) is 0. The second kappa shape index (κ2) is 70.6. The zero-order valence-corrected chi connectivity index (χ0v) is 16.1. The highest BCUT2D eigenvalue weighted by molar-refractivity contribution is 7.80. The summed E-state index contributed by atoms with van der Waals surface area (Å²) in [4.78, 5) is 0. The fourth-order valence-corrected chi connectivity index (χ4v) is 0. The molecule has 0 atom stereocenters. The highest BCUT2D eigenvalue weighted by atomic mass is 32.3. The molecule has 0 saturated heterocycles. The van der Waals surface area contributed by atoms with Crippen LogP contribution in [0.3, 0.4) is 0 Å². The van der Waals surface area contributed by atoms with Gasteiger partial charge in [-0.25, -0.2) is 0 Å². The Bertz CT molecular complexity index is 335. The van der Waals surface area contributed by atoms with E-state index >= 15 is 0 Å². The van der Waals surface area contributed by atoms with E-state index in [1.54, 1.807) is 0 Å². The summed E-state index contributed by atoms with van der Waals surface area (Å²) in [5.41, 5.74) is 0. The van der Waals surface area contributed by atoms with Gasteiger partial charge in [-0.1, -0.05) is 0 Å². The molecule has 0 heterocycles. The summed E-state index contributed by atoms with van der Waals surface area (Å²) in [5.74, 6) is 0. The molecule has 0 aliphatic carbocycles. The summed E-state index contributed by atoms with van der Waals surface area (Å²) >= 11 is 0. The molecule has 0 amide bonds. The van der Waals surface area contributed by atoms with Crippen molar-refractivity contribution in [2.45, 2.75) is 0 Å². The minimum Gasteiger partial charge on any atom is -0.759 e. The van der Waals surface area contributed by atoms with Crippen LogP contribution in [0.4, 0.5) is 0 Å². The number of rotatable bonds is 0. The monoisotopic (exact) mass is 558 g/mol. The van der Waals surface area contributed by atoms with Crippen molar-refractivity contribution in [1.82, 2.24) is 0 Å². The highest BCUT2D eigenvalue weighted by Gasteiger charge is 1.50. The summed E-state index contributed by atoms with van der Waals surface area (Å²) in [5, 5.41) is 0. The molecule has 0 aromatic rings. The Kier molecular flexibility index (Phi) is 442. The first-order chi connectivity index (χ1) is 6.00. The molecule has 0 bridgehead atoms. The second-order valence-corrected chi connectivity index (χ2v) is 3.67. The predicted octanol–water partition coefficient (Wildman–Crippen LogP) is -16.4. The molecule has 0 rings (SSSR count). The topological polar surface area (TPSA) is 713 Å². The van der Waals surface area contributed by atoms with Crippen LogP contribution in [-0.2, 0) is 31.2 Å². The van der Waals surface area contributed by atoms with Crippen molar-refractivity contribution in [2.75, 3.05) is 0 Å². The zero-order valence-electron chi connectivity index (χ0n) is 13.6. The molecule has 0 aromatic carbocycles. The SMILES string of the molecule is O.O.O.O.O.O.O.O.O.O.O.O.O.O.O.O=S(=O)([O-])[O-].O=S(=O)([O-])[O-].O=S(=O)([O-])[O-]. The van der Waals surface area contributed by atoms with Crippen molar-refractivity contribution in [3.63, 3.8) is 0 Å². The summed E-state index contributed by atoms with van der Waals surface area (Å²) in [6.45, 7) is 0. The summed E-state index contributed by atoms with van der Waals surface area (Å²) in [6.07, 6.45) is 0. The Labute approximate surface area is 166 Å². The molecule has 30 heteroatoms. The van der Waals surface area contributed by atoms with Crippen LogP contribution in [0.2, 0.25) is 0 Å². The molecule has 30 N–H and O–H groups in total. The van der Waals surface area contributed by atoms with Gasteiger partial charge in [0.25, 0.3) is 0 Å². The van der Waals surface area contributed by atoms with E-state index in [4.69, 9.17) is 52.6 Å². The van der Waals surface area contributed by atoms with Gasteiger partial charge in [-0.2, -0.15) is 0 Å². The van der Waals surface area contributed by atoms with Crippen molar-refractivity contribution in [3.8, 4) is 0 Å². The summed E-state index contributed by atoms with van der Waals surface area (Å²) in [7, 11) is -15.5. The molecule has 0 spiro atoms. The molecule has 0 aliphatic rings. The van der Waals surface area contributed by atoms with E-state index in [0.717, 1.165) is 0 Å². The Morgan fingerprint density at radius 3 is 0.233 bits per heavy atom. The van der Waals surface area contributed by atoms with Crippen molar-refractivity contribution in [1.29, 1.82) is 0 Å². The van der Waals surface area contributed by atoms with Crippen molar-refractivity contribution in [2.24, 2.45) is 0 Å². The lowest BCUT2D eigenvalue weighted by atomic mass is 15.8. The maximum absolute atomic E-state index is 8.52. The van der Waals surface area contributed by atoms with E-state index in [9.17, 15) is 0 Å². The van der Waals surface area contributed by atoms with Gasteiger partial charge in [0.15, 0.2) is 0 Å². The van der Waals surface area contributed by atoms with Crippen LogP contribution < -0.4 is 0 Å². The van der Waals surface area contributed by atoms with Gasteiger partial charge < -0.3 is 109 Å². The molecule has 27 nitrogen and oxygen atoms in total. The minimum absolute atomic E-state index is 0. The molecule has 216 valence electrons. The Balaban J connectivity index is -0.00000000360. The van der Waals surface area contributed by atoms with Gasteiger partial charge in [-0.3, -0.25) is 25.3 Å². The predicted molar refractivity (Wildman–Crippen MR) is 85.6 cm³/mol. The van der Waals surface area contributed by atoms with Crippen molar-refractivity contribution >= 4 is 31.2 Å². The van der Waals surface area contributed by atoms with Crippen molar-refractivity contribution < 1.29 is 135 Å². The van der Waals surface area contributed by atoms with Crippen LogP contribution in [0.15, 0.2) is 0 Å². The molecule has 30 heavy (non-hydrogen) atoms. The average molecular weight is 558 g/mol. The molecule has 0 unspecified atom stereocenters. The van der Waals surface area contributed by atoms with Crippen LogP contribution >= 0.6 is 0 Å². The molecule has 0 saturated carbocycles. The quantitative estimate of drug-likeness (QED) is 0.197. The molecule has 0 aromatic heterocycles.